The van der Waals surface area contributed by atoms with Crippen molar-refractivity contribution in [1.29, 1.82) is 0 Å². The van der Waals surface area contributed by atoms with E-state index in [0.717, 1.165) is 25.0 Å². The molecular weight excluding hydrogens is 719 g/mol. The molecule has 2 aromatic rings. The standard InChI is InChI=1S/C40H48F3N5O7/c1-39(2,3)55-37(52)45-32-16-8-6-4-5-7-12-25-20-40(25,36(51)44-18-17-27-29(41)14-10-15-30(27)42)46-34(49)33-19-26(22-48(33)35(32)50)54-38(53)47-21-24-11-9-13-31(43)28(24)23-47/h7,9-15,25-26,32-33H,4-6,8,16-23H2,1-3H3,(H,44,51)(H,45,52)(H,46,49)/b12-7-/t25?,26?,32?,33-,40?/m0/s1. The summed E-state index contributed by atoms with van der Waals surface area (Å²) in [4.78, 5) is 71.3. The minimum atomic E-state index is -1.40. The van der Waals surface area contributed by atoms with Crippen LogP contribution in [0.3, 0.4) is 0 Å². The van der Waals surface area contributed by atoms with Gasteiger partial charge in [0, 0.05) is 36.6 Å². The van der Waals surface area contributed by atoms with E-state index in [4.69, 9.17) is 9.47 Å². The number of carbonyl (C=O) groups excluding carboxylic acids is 5. The van der Waals surface area contributed by atoms with Gasteiger partial charge in [0.25, 0.3) is 0 Å². The maximum atomic E-state index is 14.4. The summed E-state index contributed by atoms with van der Waals surface area (Å²) in [5, 5.41) is 8.30. The number of alkyl carbamates (subject to hydrolysis) is 1. The Morgan fingerprint density at radius 3 is 2.44 bits per heavy atom. The third-order valence-electron chi connectivity index (χ3n) is 10.5. The van der Waals surface area contributed by atoms with Gasteiger partial charge in [-0.25, -0.2) is 22.8 Å². The lowest BCUT2D eigenvalue weighted by atomic mass is 10.0. The zero-order valence-electron chi connectivity index (χ0n) is 31.3. The molecule has 2 aromatic carbocycles. The summed E-state index contributed by atoms with van der Waals surface area (Å²) >= 11 is 0. The van der Waals surface area contributed by atoms with Gasteiger partial charge in [-0.15, -0.1) is 0 Å². The lowest BCUT2D eigenvalue weighted by molar-refractivity contribution is -0.141. The van der Waals surface area contributed by atoms with Crippen molar-refractivity contribution < 1.29 is 46.6 Å². The number of ether oxygens (including phenoxy) is 2. The van der Waals surface area contributed by atoms with Crippen molar-refractivity contribution >= 4 is 29.9 Å². The van der Waals surface area contributed by atoms with E-state index in [1.54, 1.807) is 32.9 Å². The van der Waals surface area contributed by atoms with E-state index >= 15 is 0 Å². The van der Waals surface area contributed by atoms with Crippen LogP contribution in [0.5, 0.6) is 0 Å². The van der Waals surface area contributed by atoms with Crippen molar-refractivity contribution in [2.75, 3.05) is 13.1 Å². The molecule has 4 unspecified atom stereocenters. The smallest absolute Gasteiger partial charge is 0.410 e. The highest BCUT2D eigenvalue weighted by Crippen LogP contribution is 2.45. The van der Waals surface area contributed by atoms with Gasteiger partial charge < -0.3 is 30.3 Å². The van der Waals surface area contributed by atoms with E-state index in [1.807, 2.05) is 12.2 Å². The summed E-state index contributed by atoms with van der Waals surface area (Å²) in [7, 11) is 0. The maximum Gasteiger partial charge on any atom is 0.410 e. The number of hydrogen-bond donors (Lipinski definition) is 3. The monoisotopic (exact) mass is 767 g/mol. The zero-order valence-corrected chi connectivity index (χ0v) is 31.3. The fourth-order valence-corrected chi connectivity index (χ4v) is 7.57. The molecule has 15 heteroatoms. The molecule has 0 radical (unpaired) electrons. The molecule has 5 atom stereocenters. The normalized spacial score (nSPS) is 26.0. The average molecular weight is 768 g/mol. The van der Waals surface area contributed by atoms with E-state index in [0.29, 0.717) is 24.0 Å². The van der Waals surface area contributed by atoms with E-state index in [2.05, 4.69) is 16.0 Å². The number of amides is 5. The van der Waals surface area contributed by atoms with Gasteiger partial charge in [0.15, 0.2) is 0 Å². The Kier molecular flexibility index (Phi) is 11.8. The molecule has 4 aliphatic rings. The number of hydrogen-bond acceptors (Lipinski definition) is 7. The number of benzene rings is 2. The summed E-state index contributed by atoms with van der Waals surface area (Å²) in [5.41, 5.74) is -1.37. The van der Waals surface area contributed by atoms with Crippen molar-refractivity contribution in [1.82, 2.24) is 25.8 Å². The van der Waals surface area contributed by atoms with Crippen LogP contribution in [0, 0.1) is 23.4 Å². The van der Waals surface area contributed by atoms with Crippen LogP contribution in [0.4, 0.5) is 22.8 Å². The van der Waals surface area contributed by atoms with Crippen LogP contribution >= 0.6 is 0 Å². The molecule has 0 bridgehead atoms. The molecule has 2 fully saturated rings. The van der Waals surface area contributed by atoms with Crippen molar-refractivity contribution in [3.05, 3.63) is 82.7 Å². The van der Waals surface area contributed by atoms with Gasteiger partial charge >= 0.3 is 12.2 Å². The molecular formula is C40H48F3N5O7. The lowest BCUT2D eigenvalue weighted by Crippen LogP contribution is -2.58. The minimum Gasteiger partial charge on any atom is -0.444 e. The number of rotatable bonds is 6. The summed E-state index contributed by atoms with van der Waals surface area (Å²) in [6, 6.07) is 5.86. The van der Waals surface area contributed by atoms with E-state index in [-0.39, 0.29) is 63.3 Å². The zero-order chi connectivity index (χ0) is 39.5. The van der Waals surface area contributed by atoms with Gasteiger partial charge in [-0.05, 0) is 76.6 Å². The van der Waals surface area contributed by atoms with E-state index < -0.39 is 76.7 Å². The van der Waals surface area contributed by atoms with Gasteiger partial charge in [-0.3, -0.25) is 19.3 Å². The molecule has 1 saturated heterocycles. The molecule has 3 N–H and O–H groups in total. The van der Waals surface area contributed by atoms with Crippen molar-refractivity contribution in [3.8, 4) is 0 Å². The fraction of sp³-hybridized carbons (Fsp3) is 0.525. The van der Waals surface area contributed by atoms with Gasteiger partial charge in [-0.1, -0.05) is 43.2 Å². The summed E-state index contributed by atoms with van der Waals surface area (Å²) in [5.74, 6) is -4.07. The summed E-state index contributed by atoms with van der Waals surface area (Å²) in [6.45, 7) is 4.93. The molecule has 3 aliphatic heterocycles. The number of carbonyl (C=O) groups is 5. The number of nitrogens with zero attached hydrogens (tertiary/aromatic N) is 2. The number of nitrogens with one attached hydrogen (secondary N) is 3. The highest BCUT2D eigenvalue weighted by molar-refractivity contribution is 5.98. The van der Waals surface area contributed by atoms with Gasteiger partial charge in [0.1, 0.15) is 46.8 Å². The van der Waals surface area contributed by atoms with Crippen LogP contribution in [0.25, 0.3) is 0 Å². The third-order valence-corrected chi connectivity index (χ3v) is 10.5. The first-order valence-electron chi connectivity index (χ1n) is 18.9. The molecule has 55 heavy (non-hydrogen) atoms. The molecule has 296 valence electrons. The lowest BCUT2D eigenvalue weighted by Gasteiger charge is -2.30. The van der Waals surface area contributed by atoms with Crippen LogP contribution < -0.4 is 16.0 Å². The highest BCUT2D eigenvalue weighted by atomic mass is 19.1. The van der Waals surface area contributed by atoms with E-state index in [1.165, 1.54) is 21.9 Å². The Balaban J connectivity index is 1.22. The van der Waals surface area contributed by atoms with Crippen molar-refractivity contribution in [2.45, 2.75) is 115 Å². The number of fused-ring (bicyclic) bond motifs is 3. The van der Waals surface area contributed by atoms with Crippen LogP contribution in [0.2, 0.25) is 0 Å². The van der Waals surface area contributed by atoms with Crippen molar-refractivity contribution in [2.24, 2.45) is 5.92 Å². The number of allylic oxidation sites excluding steroid dienone is 1. The topological polar surface area (TPSA) is 146 Å². The largest absolute Gasteiger partial charge is 0.444 e. The predicted octanol–water partition coefficient (Wildman–Crippen LogP) is 5.17. The molecule has 3 heterocycles. The molecule has 1 saturated carbocycles. The SMILES string of the molecule is CC(C)(C)OC(=O)NC1CCCCC/C=C\C2CC2(C(=O)NCCc2c(F)cccc2F)NC(=O)[C@@H]2CC(OC(=O)N3Cc4cccc(F)c4C3)CN2C1=O. The first-order chi connectivity index (χ1) is 26.1. The Morgan fingerprint density at radius 1 is 0.982 bits per heavy atom. The second-order valence-corrected chi connectivity index (χ2v) is 15.7. The number of halogens is 3. The Hall–Kier alpha value is -5.08. The van der Waals surface area contributed by atoms with Crippen LogP contribution in [0.15, 0.2) is 48.6 Å². The van der Waals surface area contributed by atoms with Gasteiger partial charge in [-0.2, -0.15) is 0 Å². The second-order valence-electron chi connectivity index (χ2n) is 15.7. The van der Waals surface area contributed by atoms with Crippen LogP contribution in [-0.4, -0.2) is 82.1 Å². The van der Waals surface area contributed by atoms with Crippen LogP contribution in [0.1, 0.15) is 82.4 Å². The molecule has 1 aliphatic carbocycles. The Morgan fingerprint density at radius 2 is 1.71 bits per heavy atom. The summed E-state index contributed by atoms with van der Waals surface area (Å²) < 4.78 is 54.3. The summed E-state index contributed by atoms with van der Waals surface area (Å²) in [6.07, 6.45) is 4.37. The minimum absolute atomic E-state index is 0.00189. The second kappa shape index (κ2) is 16.3. The van der Waals surface area contributed by atoms with Gasteiger partial charge in [0.2, 0.25) is 17.7 Å². The average Bonchev–Trinajstić information content (AvgIpc) is 3.41. The van der Waals surface area contributed by atoms with Gasteiger partial charge in [0.05, 0.1) is 13.1 Å². The van der Waals surface area contributed by atoms with Crippen LogP contribution in [-0.2, 0) is 43.4 Å². The van der Waals surface area contributed by atoms with E-state index in [9.17, 15) is 37.1 Å². The molecule has 6 rings (SSSR count). The Labute approximate surface area is 318 Å². The quantitative estimate of drug-likeness (QED) is 0.344. The van der Waals surface area contributed by atoms with Crippen molar-refractivity contribution in [3.63, 3.8) is 0 Å². The first kappa shape index (κ1) is 39.6. The predicted molar refractivity (Wildman–Crippen MR) is 193 cm³/mol. The maximum absolute atomic E-state index is 14.4. The molecule has 5 amide bonds. The highest BCUT2D eigenvalue weighted by Gasteiger charge is 2.61. The fourth-order valence-electron chi connectivity index (χ4n) is 7.57. The molecule has 0 aromatic heterocycles. The molecule has 12 nitrogen and oxygen atoms in total. The third kappa shape index (κ3) is 9.25. The Bertz CT molecular complexity index is 1830. The molecule has 0 spiro atoms. The first-order valence-corrected chi connectivity index (χ1v) is 18.9.